The zero-order chi connectivity index (χ0) is 27.5. The second-order valence-corrected chi connectivity index (χ2v) is 10.8. The monoisotopic (exact) mass is 550 g/mol. The first kappa shape index (κ1) is 26.7. The number of halogens is 1. The normalized spacial score (nSPS) is 21.1. The standard InChI is InChI=1S/C30H35FN4O5/c31-24-8-4-3-7-23(24)25-18-26(22-9-10-27-28(17-22)40-20-39-27)35(32-25)29(36)19-34(30(37)21-5-1-2-6-21)12-11-33-13-15-38-16-14-33/h3-4,7-10,17,21,26H,1-2,5-6,11-16,18-20H2/t26-/m1/s1. The molecule has 1 saturated heterocycles. The van der Waals surface area contributed by atoms with Crippen molar-refractivity contribution in [1.29, 1.82) is 0 Å². The smallest absolute Gasteiger partial charge is 0.262 e. The van der Waals surface area contributed by atoms with Crippen molar-refractivity contribution in [2.24, 2.45) is 11.0 Å². The molecule has 3 heterocycles. The van der Waals surface area contributed by atoms with E-state index in [1.807, 2.05) is 18.2 Å². The first-order valence-electron chi connectivity index (χ1n) is 14.2. The van der Waals surface area contributed by atoms with Crippen molar-refractivity contribution in [1.82, 2.24) is 14.8 Å². The van der Waals surface area contributed by atoms with Crippen LogP contribution in [0.2, 0.25) is 0 Å². The fourth-order valence-corrected chi connectivity index (χ4v) is 6.00. The average Bonchev–Trinajstić information content (AvgIpc) is 3.76. The topological polar surface area (TPSA) is 83.9 Å². The zero-order valence-electron chi connectivity index (χ0n) is 22.6. The summed E-state index contributed by atoms with van der Waals surface area (Å²) in [6, 6.07) is 11.6. The molecule has 0 bridgehead atoms. The lowest BCUT2D eigenvalue weighted by Gasteiger charge is -2.32. The van der Waals surface area contributed by atoms with E-state index >= 15 is 0 Å². The van der Waals surface area contributed by atoms with Gasteiger partial charge in [-0.05, 0) is 36.6 Å². The molecule has 40 heavy (non-hydrogen) atoms. The largest absolute Gasteiger partial charge is 0.454 e. The van der Waals surface area contributed by atoms with E-state index in [4.69, 9.17) is 14.2 Å². The molecule has 4 aliphatic rings. The van der Waals surface area contributed by atoms with Gasteiger partial charge in [-0.25, -0.2) is 9.40 Å². The van der Waals surface area contributed by atoms with Gasteiger partial charge in [0, 0.05) is 44.1 Å². The number of fused-ring (bicyclic) bond motifs is 1. The summed E-state index contributed by atoms with van der Waals surface area (Å²) < 4.78 is 31.3. The van der Waals surface area contributed by atoms with Crippen molar-refractivity contribution in [3.63, 3.8) is 0 Å². The van der Waals surface area contributed by atoms with Gasteiger partial charge in [0.1, 0.15) is 12.4 Å². The minimum absolute atomic E-state index is 0.0382. The summed E-state index contributed by atoms with van der Waals surface area (Å²) in [6.45, 7) is 4.20. The molecule has 0 spiro atoms. The molecule has 3 aliphatic heterocycles. The van der Waals surface area contributed by atoms with Crippen LogP contribution in [0.3, 0.4) is 0 Å². The number of ether oxygens (including phenoxy) is 3. The first-order chi connectivity index (χ1) is 19.6. The Morgan fingerprint density at radius 3 is 2.60 bits per heavy atom. The highest BCUT2D eigenvalue weighted by Gasteiger charge is 2.37. The Morgan fingerprint density at radius 2 is 1.80 bits per heavy atom. The minimum Gasteiger partial charge on any atom is -0.454 e. The molecule has 2 aromatic rings. The molecule has 0 unspecified atom stereocenters. The molecule has 1 atom stereocenters. The molecule has 0 aromatic heterocycles. The second kappa shape index (κ2) is 11.9. The number of morpholine rings is 1. The highest BCUT2D eigenvalue weighted by Crippen LogP contribution is 2.39. The van der Waals surface area contributed by atoms with E-state index in [0.717, 1.165) is 44.3 Å². The second-order valence-electron chi connectivity index (χ2n) is 10.8. The third-order valence-electron chi connectivity index (χ3n) is 8.26. The molecule has 1 saturated carbocycles. The Balaban J connectivity index is 1.26. The lowest BCUT2D eigenvalue weighted by atomic mass is 9.97. The van der Waals surface area contributed by atoms with E-state index in [2.05, 4.69) is 10.0 Å². The molecule has 6 rings (SSSR count). The summed E-state index contributed by atoms with van der Waals surface area (Å²) in [4.78, 5) is 31.5. The van der Waals surface area contributed by atoms with Gasteiger partial charge in [0.05, 0.1) is 25.0 Å². The number of hydrogen-bond donors (Lipinski definition) is 0. The van der Waals surface area contributed by atoms with Gasteiger partial charge in [0.15, 0.2) is 11.5 Å². The number of carbonyl (C=O) groups excluding carboxylic acids is 2. The van der Waals surface area contributed by atoms with Gasteiger partial charge in [-0.3, -0.25) is 14.5 Å². The van der Waals surface area contributed by atoms with Crippen LogP contribution >= 0.6 is 0 Å². The fourth-order valence-electron chi connectivity index (χ4n) is 6.00. The van der Waals surface area contributed by atoms with Gasteiger partial charge in [0.2, 0.25) is 12.7 Å². The highest BCUT2D eigenvalue weighted by atomic mass is 19.1. The average molecular weight is 551 g/mol. The number of hydrogen-bond acceptors (Lipinski definition) is 7. The Bertz CT molecular complexity index is 1270. The lowest BCUT2D eigenvalue weighted by molar-refractivity contribution is -0.144. The maximum absolute atomic E-state index is 14.8. The zero-order valence-corrected chi connectivity index (χ0v) is 22.6. The molecule has 212 valence electrons. The molecule has 9 nitrogen and oxygen atoms in total. The summed E-state index contributed by atoms with van der Waals surface area (Å²) in [5.41, 5.74) is 1.68. The quantitative estimate of drug-likeness (QED) is 0.500. The van der Waals surface area contributed by atoms with Crippen LogP contribution in [0.5, 0.6) is 11.5 Å². The van der Waals surface area contributed by atoms with Gasteiger partial charge in [-0.15, -0.1) is 0 Å². The van der Waals surface area contributed by atoms with Crippen LogP contribution in [0.4, 0.5) is 4.39 Å². The van der Waals surface area contributed by atoms with E-state index in [0.29, 0.717) is 55.5 Å². The van der Waals surface area contributed by atoms with Gasteiger partial charge in [-0.2, -0.15) is 5.10 Å². The Labute approximate surface area is 233 Å². The van der Waals surface area contributed by atoms with Crippen molar-refractivity contribution in [3.05, 3.63) is 59.4 Å². The van der Waals surface area contributed by atoms with Crippen LogP contribution in [0.15, 0.2) is 47.6 Å². The van der Waals surface area contributed by atoms with Gasteiger partial charge >= 0.3 is 0 Å². The summed E-state index contributed by atoms with van der Waals surface area (Å²) >= 11 is 0. The SMILES string of the molecule is O=C(C1CCCC1)N(CCN1CCOCC1)CC(=O)N1N=C(c2ccccc2F)C[C@@H]1c1ccc2c(c1)OCO2. The van der Waals surface area contributed by atoms with Gasteiger partial charge < -0.3 is 19.1 Å². The summed E-state index contributed by atoms with van der Waals surface area (Å²) in [5.74, 6) is 0.569. The molecule has 2 fully saturated rings. The molecule has 0 radical (unpaired) electrons. The predicted octanol–water partition coefficient (Wildman–Crippen LogP) is 3.58. The van der Waals surface area contributed by atoms with Gasteiger partial charge in [-0.1, -0.05) is 37.1 Å². The molecule has 2 amide bonds. The summed E-state index contributed by atoms with van der Waals surface area (Å²) in [7, 11) is 0. The predicted molar refractivity (Wildman–Crippen MR) is 146 cm³/mol. The van der Waals surface area contributed by atoms with E-state index in [1.165, 1.54) is 11.1 Å². The molecule has 1 aliphatic carbocycles. The van der Waals surface area contributed by atoms with Crippen LogP contribution in [0, 0.1) is 11.7 Å². The maximum Gasteiger partial charge on any atom is 0.262 e. The highest BCUT2D eigenvalue weighted by molar-refractivity contribution is 6.03. The molecule has 0 N–H and O–H groups in total. The number of benzene rings is 2. The van der Waals surface area contributed by atoms with E-state index < -0.39 is 6.04 Å². The van der Waals surface area contributed by atoms with Crippen LogP contribution in [-0.2, 0) is 14.3 Å². The third kappa shape index (κ3) is 5.69. The Morgan fingerprint density at radius 1 is 1.02 bits per heavy atom. The molecular weight excluding hydrogens is 515 g/mol. The van der Waals surface area contributed by atoms with Crippen molar-refractivity contribution in [2.45, 2.75) is 38.1 Å². The fraction of sp³-hybridized carbons (Fsp3) is 0.500. The number of hydrazone groups is 1. The lowest BCUT2D eigenvalue weighted by Crippen LogP contribution is -2.47. The summed E-state index contributed by atoms with van der Waals surface area (Å²) in [6.07, 6.45) is 4.14. The third-order valence-corrected chi connectivity index (χ3v) is 8.26. The van der Waals surface area contributed by atoms with E-state index in [1.54, 1.807) is 23.1 Å². The number of nitrogens with zero attached hydrogens (tertiary/aromatic N) is 4. The van der Waals surface area contributed by atoms with Crippen molar-refractivity contribution < 1.29 is 28.2 Å². The molecule has 2 aromatic carbocycles. The molecular formula is C30H35FN4O5. The van der Waals surface area contributed by atoms with Crippen molar-refractivity contribution in [3.8, 4) is 11.5 Å². The van der Waals surface area contributed by atoms with Gasteiger partial charge in [0.25, 0.3) is 5.91 Å². The number of rotatable bonds is 8. The van der Waals surface area contributed by atoms with Crippen LogP contribution < -0.4 is 9.47 Å². The Hall–Kier alpha value is -3.50. The van der Waals surface area contributed by atoms with Crippen LogP contribution in [-0.4, -0.2) is 85.1 Å². The minimum atomic E-state index is -0.459. The number of amides is 2. The maximum atomic E-state index is 14.8. The summed E-state index contributed by atoms with van der Waals surface area (Å²) in [5, 5.41) is 6.09. The Kier molecular flexibility index (Phi) is 7.97. The van der Waals surface area contributed by atoms with E-state index in [9.17, 15) is 14.0 Å². The van der Waals surface area contributed by atoms with Crippen molar-refractivity contribution in [2.75, 3.05) is 52.7 Å². The number of carbonyl (C=O) groups is 2. The van der Waals surface area contributed by atoms with Crippen molar-refractivity contribution >= 4 is 17.5 Å². The van der Waals surface area contributed by atoms with E-state index in [-0.39, 0.29) is 36.9 Å². The van der Waals surface area contributed by atoms with Crippen LogP contribution in [0.25, 0.3) is 0 Å². The van der Waals surface area contributed by atoms with Crippen LogP contribution in [0.1, 0.15) is 49.3 Å². The first-order valence-corrected chi connectivity index (χ1v) is 14.2. The molecule has 10 heteroatoms.